The summed E-state index contributed by atoms with van der Waals surface area (Å²) < 4.78 is 36.8. The van der Waals surface area contributed by atoms with Crippen LogP contribution in [-0.2, 0) is 15.9 Å². The van der Waals surface area contributed by atoms with Crippen molar-refractivity contribution in [1.29, 1.82) is 0 Å². The van der Waals surface area contributed by atoms with Crippen LogP contribution in [0.5, 0.6) is 5.75 Å². The van der Waals surface area contributed by atoms with Crippen molar-refractivity contribution >= 4 is 28.4 Å². The van der Waals surface area contributed by atoms with Crippen LogP contribution in [0.25, 0.3) is 0 Å². The van der Waals surface area contributed by atoms with Gasteiger partial charge in [0.1, 0.15) is 0 Å². The molecule has 0 saturated carbocycles. The normalized spacial score (nSPS) is 11.4. The summed E-state index contributed by atoms with van der Waals surface area (Å²) >= 11 is 10.5. The Hall–Kier alpha value is -0.980. The van der Waals surface area contributed by atoms with Gasteiger partial charge in [-0.25, -0.2) is 0 Å². The first-order valence-corrected chi connectivity index (χ1v) is 4.91. The maximum Gasteiger partial charge on any atom is 0.416 e. The van der Waals surface area contributed by atoms with Gasteiger partial charge in [0.25, 0.3) is 5.24 Å². The second-order valence-electron chi connectivity index (χ2n) is 2.84. The van der Waals surface area contributed by atoms with Crippen LogP contribution in [0, 0.1) is 0 Å². The quantitative estimate of drug-likeness (QED) is 0.484. The SMILES string of the molecule is O=C(Cl)COOc1ccc(C(F)(F)F)cc1Cl. The second kappa shape index (κ2) is 5.57. The molecule has 1 rings (SSSR count). The Morgan fingerprint density at radius 3 is 2.47 bits per heavy atom. The minimum Gasteiger partial charge on any atom is -0.335 e. The highest BCUT2D eigenvalue weighted by Gasteiger charge is 2.31. The number of benzene rings is 1. The first kappa shape index (κ1) is 14.1. The Morgan fingerprint density at radius 2 is 2.00 bits per heavy atom. The molecule has 1 aromatic rings. The van der Waals surface area contributed by atoms with Gasteiger partial charge in [0.15, 0.2) is 12.4 Å². The monoisotopic (exact) mass is 288 g/mol. The van der Waals surface area contributed by atoms with E-state index in [1.807, 2.05) is 0 Å². The van der Waals surface area contributed by atoms with Gasteiger partial charge in [-0.2, -0.15) is 18.1 Å². The summed E-state index contributed by atoms with van der Waals surface area (Å²) in [6.45, 7) is -0.543. The summed E-state index contributed by atoms with van der Waals surface area (Å²) in [5, 5.41) is -1.10. The zero-order valence-corrected chi connectivity index (χ0v) is 9.57. The van der Waals surface area contributed by atoms with Crippen LogP contribution in [0.4, 0.5) is 13.2 Å². The minimum absolute atomic E-state index is 0.141. The predicted octanol–water partition coefficient (Wildman–Crippen LogP) is 3.43. The van der Waals surface area contributed by atoms with Crippen molar-refractivity contribution in [3.8, 4) is 5.75 Å². The lowest BCUT2D eigenvalue weighted by molar-refractivity contribution is -0.203. The highest BCUT2D eigenvalue weighted by atomic mass is 35.5. The molecule has 0 aliphatic rings. The number of carbonyl (C=O) groups excluding carboxylic acids is 1. The van der Waals surface area contributed by atoms with E-state index in [9.17, 15) is 18.0 Å². The fourth-order valence-corrected chi connectivity index (χ4v) is 1.14. The summed E-state index contributed by atoms with van der Waals surface area (Å²) in [7, 11) is 0. The molecule has 0 bridgehead atoms. The zero-order valence-electron chi connectivity index (χ0n) is 8.05. The lowest BCUT2D eigenvalue weighted by Crippen LogP contribution is -2.07. The van der Waals surface area contributed by atoms with Crippen molar-refractivity contribution < 1.29 is 27.7 Å². The zero-order chi connectivity index (χ0) is 13.1. The molecule has 0 aliphatic heterocycles. The Bertz CT molecular complexity index is 420. The predicted molar refractivity (Wildman–Crippen MR) is 53.9 cm³/mol. The fourth-order valence-electron chi connectivity index (χ4n) is 0.884. The van der Waals surface area contributed by atoms with E-state index in [1.165, 1.54) is 0 Å². The number of alkyl halides is 3. The van der Waals surface area contributed by atoms with Crippen LogP contribution in [0.2, 0.25) is 5.02 Å². The van der Waals surface area contributed by atoms with Crippen LogP contribution in [-0.4, -0.2) is 11.8 Å². The molecule has 1 aromatic carbocycles. The highest BCUT2D eigenvalue weighted by Crippen LogP contribution is 2.34. The van der Waals surface area contributed by atoms with Gasteiger partial charge < -0.3 is 4.89 Å². The van der Waals surface area contributed by atoms with Gasteiger partial charge in [-0.1, -0.05) is 11.6 Å². The molecule has 0 amide bonds. The summed E-state index contributed by atoms with van der Waals surface area (Å²) in [5.74, 6) is -0.141. The average Bonchev–Trinajstić information content (AvgIpc) is 2.18. The molecule has 0 heterocycles. The van der Waals surface area contributed by atoms with Gasteiger partial charge in [0, 0.05) is 0 Å². The molecule has 8 heteroatoms. The summed E-state index contributed by atoms with van der Waals surface area (Å²) in [5.41, 5.74) is -0.914. The van der Waals surface area contributed by atoms with Crippen molar-refractivity contribution in [2.24, 2.45) is 0 Å². The van der Waals surface area contributed by atoms with Gasteiger partial charge in [-0.15, -0.1) is 0 Å². The van der Waals surface area contributed by atoms with E-state index in [-0.39, 0.29) is 10.8 Å². The van der Waals surface area contributed by atoms with Crippen molar-refractivity contribution in [3.63, 3.8) is 0 Å². The maximum atomic E-state index is 12.3. The fraction of sp³-hybridized carbons (Fsp3) is 0.222. The van der Waals surface area contributed by atoms with Crippen LogP contribution in [0.1, 0.15) is 5.56 Å². The minimum atomic E-state index is -4.49. The van der Waals surface area contributed by atoms with Gasteiger partial charge in [-0.05, 0) is 29.8 Å². The van der Waals surface area contributed by atoms with Crippen LogP contribution < -0.4 is 4.89 Å². The third-order valence-corrected chi connectivity index (χ3v) is 1.98. The number of rotatable bonds is 4. The Balaban J connectivity index is 2.73. The lowest BCUT2D eigenvalue weighted by atomic mass is 10.2. The van der Waals surface area contributed by atoms with Crippen LogP contribution >= 0.6 is 23.2 Å². The topological polar surface area (TPSA) is 35.5 Å². The van der Waals surface area contributed by atoms with Gasteiger partial charge in [-0.3, -0.25) is 4.79 Å². The molecular formula is C9H5Cl2F3O3. The largest absolute Gasteiger partial charge is 0.416 e. The average molecular weight is 289 g/mol. The third kappa shape index (κ3) is 4.41. The Labute approximate surface area is 104 Å². The van der Waals surface area contributed by atoms with E-state index in [0.29, 0.717) is 6.07 Å². The second-order valence-corrected chi connectivity index (χ2v) is 3.67. The molecule has 0 radical (unpaired) electrons. The molecule has 0 spiro atoms. The van der Waals surface area contributed by atoms with E-state index >= 15 is 0 Å². The highest BCUT2D eigenvalue weighted by molar-refractivity contribution is 6.63. The number of halogens is 5. The van der Waals surface area contributed by atoms with Crippen molar-refractivity contribution in [2.75, 3.05) is 6.61 Å². The van der Waals surface area contributed by atoms with Gasteiger partial charge in [0.2, 0.25) is 0 Å². The third-order valence-electron chi connectivity index (χ3n) is 1.58. The summed E-state index contributed by atoms with van der Waals surface area (Å²) in [6, 6.07) is 2.43. The molecule has 0 atom stereocenters. The first-order chi connectivity index (χ1) is 7.80. The van der Waals surface area contributed by atoms with Crippen molar-refractivity contribution in [1.82, 2.24) is 0 Å². The number of carbonyl (C=O) groups is 1. The van der Waals surface area contributed by atoms with Gasteiger partial charge >= 0.3 is 6.18 Å². The van der Waals surface area contributed by atoms with Crippen LogP contribution in [0.15, 0.2) is 18.2 Å². The molecule has 0 aromatic heterocycles. The molecule has 17 heavy (non-hydrogen) atoms. The first-order valence-electron chi connectivity index (χ1n) is 4.15. The smallest absolute Gasteiger partial charge is 0.335 e. The molecule has 0 aliphatic carbocycles. The number of hydrogen-bond acceptors (Lipinski definition) is 3. The van der Waals surface area contributed by atoms with Crippen molar-refractivity contribution in [2.45, 2.75) is 6.18 Å². The van der Waals surface area contributed by atoms with Crippen molar-refractivity contribution in [3.05, 3.63) is 28.8 Å². The molecule has 0 fully saturated rings. The van der Waals surface area contributed by atoms with Crippen LogP contribution in [0.3, 0.4) is 0 Å². The maximum absolute atomic E-state index is 12.3. The molecule has 3 nitrogen and oxygen atoms in total. The molecule has 0 unspecified atom stereocenters. The standard InChI is InChI=1S/C9H5Cl2F3O3/c10-6-3-5(9(12,13)14)1-2-7(6)17-16-4-8(11)15/h1-3H,4H2. The Kier molecular flexibility index (Phi) is 4.62. The number of hydrogen-bond donors (Lipinski definition) is 0. The summed E-state index contributed by atoms with van der Waals surface area (Å²) in [4.78, 5) is 19.1. The lowest BCUT2D eigenvalue weighted by Gasteiger charge is -2.09. The summed E-state index contributed by atoms with van der Waals surface area (Å²) in [6.07, 6.45) is -4.49. The molecular weight excluding hydrogens is 284 g/mol. The van der Waals surface area contributed by atoms with E-state index in [1.54, 1.807) is 0 Å². The molecule has 94 valence electrons. The van der Waals surface area contributed by atoms with E-state index in [4.69, 9.17) is 23.2 Å². The van der Waals surface area contributed by atoms with E-state index in [0.717, 1.165) is 12.1 Å². The molecule has 0 saturated heterocycles. The van der Waals surface area contributed by atoms with E-state index < -0.39 is 23.6 Å². The van der Waals surface area contributed by atoms with E-state index in [2.05, 4.69) is 9.78 Å². The molecule has 0 N–H and O–H groups in total. The Morgan fingerprint density at radius 1 is 1.35 bits per heavy atom. The van der Waals surface area contributed by atoms with Gasteiger partial charge in [0.05, 0.1) is 10.6 Å².